The van der Waals surface area contributed by atoms with E-state index in [4.69, 9.17) is 5.73 Å². The van der Waals surface area contributed by atoms with Crippen molar-refractivity contribution in [3.8, 4) is 0 Å². The molecular weight excluding hydrogens is 267 g/mol. The molecule has 1 aromatic carbocycles. The van der Waals surface area contributed by atoms with Crippen LogP contribution in [0.3, 0.4) is 0 Å². The van der Waals surface area contributed by atoms with Gasteiger partial charge in [0.1, 0.15) is 5.69 Å². The summed E-state index contributed by atoms with van der Waals surface area (Å²) in [5.41, 5.74) is 4.37. The number of hydrogen-bond donors (Lipinski definition) is 1. The van der Waals surface area contributed by atoms with E-state index in [-0.39, 0.29) is 13.1 Å². The number of rotatable bonds is 3. The molecule has 7 heteroatoms. The van der Waals surface area contributed by atoms with Gasteiger partial charge in [-0.2, -0.15) is 0 Å². The Morgan fingerprint density at radius 2 is 1.37 bits per heavy atom. The molecule has 0 radical (unpaired) electrons. The van der Waals surface area contributed by atoms with Gasteiger partial charge in [-0.1, -0.05) is 13.3 Å². The molecule has 1 saturated heterocycles. The molecule has 1 aliphatic rings. The van der Waals surface area contributed by atoms with Gasteiger partial charge in [-0.25, -0.2) is 22.0 Å². The van der Waals surface area contributed by atoms with Gasteiger partial charge in [-0.15, -0.1) is 0 Å². The first-order chi connectivity index (χ1) is 8.80. The molecule has 1 fully saturated rings. The lowest BCUT2D eigenvalue weighted by atomic mass is 9.86. The standard InChI is InChI=1S/C12H13F5N2/c1-2-3-12(18)4-19(5-12)11-9(16)7(14)6(13)8(15)10(11)17/h2-5,18H2,1H3. The molecule has 0 aliphatic carbocycles. The van der Waals surface area contributed by atoms with E-state index in [2.05, 4.69) is 0 Å². The van der Waals surface area contributed by atoms with Crippen LogP contribution in [0.15, 0.2) is 0 Å². The number of nitrogens with zero attached hydrogens (tertiary/aromatic N) is 1. The molecule has 1 aliphatic heterocycles. The van der Waals surface area contributed by atoms with Gasteiger partial charge in [0, 0.05) is 13.1 Å². The summed E-state index contributed by atoms with van der Waals surface area (Å²) in [6, 6.07) is 0. The normalized spacial score (nSPS) is 17.5. The monoisotopic (exact) mass is 280 g/mol. The average Bonchev–Trinajstić information content (AvgIpc) is 2.32. The van der Waals surface area contributed by atoms with Gasteiger partial charge in [-0.3, -0.25) is 0 Å². The van der Waals surface area contributed by atoms with Gasteiger partial charge in [0.05, 0.1) is 5.54 Å². The third-order valence-corrected chi connectivity index (χ3v) is 3.26. The number of hydrogen-bond acceptors (Lipinski definition) is 2. The lowest BCUT2D eigenvalue weighted by Crippen LogP contribution is -2.67. The van der Waals surface area contributed by atoms with Crippen molar-refractivity contribution in [2.24, 2.45) is 5.73 Å². The smallest absolute Gasteiger partial charge is 0.200 e. The maximum atomic E-state index is 13.5. The summed E-state index contributed by atoms with van der Waals surface area (Å²) in [5.74, 6) is -9.63. The topological polar surface area (TPSA) is 29.3 Å². The number of benzene rings is 1. The zero-order valence-electron chi connectivity index (χ0n) is 10.2. The van der Waals surface area contributed by atoms with E-state index >= 15 is 0 Å². The molecule has 0 saturated carbocycles. The van der Waals surface area contributed by atoms with Crippen molar-refractivity contribution in [1.29, 1.82) is 0 Å². The van der Waals surface area contributed by atoms with Crippen LogP contribution in [0.25, 0.3) is 0 Å². The summed E-state index contributed by atoms with van der Waals surface area (Å²) in [6.45, 7) is 2.04. The van der Waals surface area contributed by atoms with E-state index in [1.165, 1.54) is 0 Å². The van der Waals surface area contributed by atoms with Gasteiger partial charge >= 0.3 is 0 Å². The highest BCUT2D eigenvalue weighted by molar-refractivity contribution is 5.54. The van der Waals surface area contributed by atoms with Gasteiger partial charge in [0.15, 0.2) is 23.3 Å². The Morgan fingerprint density at radius 1 is 0.947 bits per heavy atom. The van der Waals surface area contributed by atoms with Crippen molar-refractivity contribution in [2.45, 2.75) is 25.3 Å². The Kier molecular flexibility index (Phi) is 3.42. The molecule has 0 spiro atoms. The Labute approximate surface area is 107 Å². The summed E-state index contributed by atoms with van der Waals surface area (Å²) in [7, 11) is 0. The van der Waals surface area contributed by atoms with E-state index in [1.807, 2.05) is 6.92 Å². The van der Waals surface area contributed by atoms with Crippen molar-refractivity contribution in [3.05, 3.63) is 29.1 Å². The highest BCUT2D eigenvalue weighted by Gasteiger charge is 2.42. The molecule has 2 N–H and O–H groups in total. The number of anilines is 1. The van der Waals surface area contributed by atoms with E-state index in [9.17, 15) is 22.0 Å². The summed E-state index contributed by atoms with van der Waals surface area (Å²) in [6.07, 6.45) is 1.40. The highest BCUT2D eigenvalue weighted by atomic mass is 19.2. The molecule has 106 valence electrons. The van der Waals surface area contributed by atoms with Crippen molar-refractivity contribution >= 4 is 5.69 Å². The fourth-order valence-corrected chi connectivity index (χ4v) is 2.40. The third kappa shape index (κ3) is 2.16. The minimum atomic E-state index is -2.15. The second kappa shape index (κ2) is 4.63. The van der Waals surface area contributed by atoms with Crippen molar-refractivity contribution in [2.75, 3.05) is 18.0 Å². The highest BCUT2D eigenvalue weighted by Crippen LogP contribution is 2.36. The summed E-state index contributed by atoms with van der Waals surface area (Å²) in [4.78, 5) is 1.08. The van der Waals surface area contributed by atoms with Gasteiger partial charge in [0.2, 0.25) is 5.82 Å². The average molecular weight is 280 g/mol. The van der Waals surface area contributed by atoms with Crippen LogP contribution in [0, 0.1) is 29.1 Å². The van der Waals surface area contributed by atoms with Crippen LogP contribution in [0.4, 0.5) is 27.6 Å². The lowest BCUT2D eigenvalue weighted by Gasteiger charge is -2.49. The van der Waals surface area contributed by atoms with Crippen molar-refractivity contribution < 1.29 is 22.0 Å². The third-order valence-electron chi connectivity index (χ3n) is 3.26. The second-order valence-corrected chi connectivity index (χ2v) is 4.89. The zero-order valence-corrected chi connectivity index (χ0v) is 10.2. The van der Waals surface area contributed by atoms with E-state index in [0.717, 1.165) is 11.3 Å². The Balaban J connectivity index is 2.33. The van der Waals surface area contributed by atoms with Crippen LogP contribution in [0.5, 0.6) is 0 Å². The van der Waals surface area contributed by atoms with Crippen LogP contribution in [0.2, 0.25) is 0 Å². The van der Waals surface area contributed by atoms with Crippen molar-refractivity contribution in [1.82, 2.24) is 0 Å². The molecule has 1 heterocycles. The fraction of sp³-hybridized carbons (Fsp3) is 0.500. The van der Waals surface area contributed by atoms with Crippen LogP contribution in [-0.2, 0) is 0 Å². The van der Waals surface area contributed by atoms with Crippen LogP contribution >= 0.6 is 0 Å². The molecule has 1 aromatic rings. The number of nitrogens with two attached hydrogens (primary N) is 1. The van der Waals surface area contributed by atoms with Crippen molar-refractivity contribution in [3.63, 3.8) is 0 Å². The van der Waals surface area contributed by atoms with E-state index < -0.39 is 40.3 Å². The molecule has 2 rings (SSSR count). The molecule has 0 unspecified atom stereocenters. The molecule has 0 aromatic heterocycles. The minimum Gasteiger partial charge on any atom is -0.363 e. The summed E-state index contributed by atoms with van der Waals surface area (Å²) in [5, 5.41) is 0. The Hall–Kier alpha value is -1.37. The summed E-state index contributed by atoms with van der Waals surface area (Å²) < 4.78 is 66.0. The molecular formula is C12H13F5N2. The largest absolute Gasteiger partial charge is 0.363 e. The molecule has 19 heavy (non-hydrogen) atoms. The Morgan fingerprint density at radius 3 is 1.79 bits per heavy atom. The molecule has 0 bridgehead atoms. The first-order valence-corrected chi connectivity index (χ1v) is 5.86. The zero-order chi connectivity index (χ0) is 14.4. The quantitative estimate of drug-likeness (QED) is 0.524. The van der Waals surface area contributed by atoms with E-state index in [0.29, 0.717) is 6.42 Å². The maximum Gasteiger partial charge on any atom is 0.200 e. The first-order valence-electron chi connectivity index (χ1n) is 5.86. The van der Waals surface area contributed by atoms with Gasteiger partial charge in [0.25, 0.3) is 0 Å². The van der Waals surface area contributed by atoms with Crippen LogP contribution in [-0.4, -0.2) is 18.6 Å². The predicted molar refractivity (Wildman–Crippen MR) is 60.3 cm³/mol. The van der Waals surface area contributed by atoms with Gasteiger partial charge in [-0.05, 0) is 6.42 Å². The Bertz CT molecular complexity index is 482. The van der Waals surface area contributed by atoms with Crippen LogP contribution in [0.1, 0.15) is 19.8 Å². The number of halogens is 5. The predicted octanol–water partition coefficient (Wildman–Crippen LogP) is 2.70. The molecule has 2 nitrogen and oxygen atoms in total. The SMILES string of the molecule is CCCC1(N)CN(c2c(F)c(F)c(F)c(F)c2F)C1. The first kappa shape index (κ1) is 14.0. The molecule has 0 amide bonds. The summed E-state index contributed by atoms with van der Waals surface area (Å²) >= 11 is 0. The lowest BCUT2D eigenvalue weighted by molar-refractivity contribution is 0.296. The molecule has 0 atom stereocenters. The maximum absolute atomic E-state index is 13.5. The fourth-order valence-electron chi connectivity index (χ4n) is 2.40. The second-order valence-electron chi connectivity index (χ2n) is 4.89. The van der Waals surface area contributed by atoms with Gasteiger partial charge < -0.3 is 10.6 Å². The minimum absolute atomic E-state index is 0.0686. The van der Waals surface area contributed by atoms with E-state index in [1.54, 1.807) is 0 Å². The van der Waals surface area contributed by atoms with Crippen LogP contribution < -0.4 is 10.6 Å².